The minimum Gasteiger partial charge on any atom is -0.489 e. The van der Waals surface area contributed by atoms with E-state index in [1.54, 1.807) is 0 Å². The highest BCUT2D eigenvalue weighted by Crippen LogP contribution is 2.44. The number of para-hydroxylation sites is 1. The van der Waals surface area contributed by atoms with Gasteiger partial charge in [0, 0.05) is 0 Å². The van der Waals surface area contributed by atoms with Crippen molar-refractivity contribution in [1.29, 1.82) is 0 Å². The van der Waals surface area contributed by atoms with Crippen molar-refractivity contribution in [3.8, 4) is 5.75 Å². The Balaban J connectivity index is 2.06. The third-order valence-corrected chi connectivity index (χ3v) is 4.12. The van der Waals surface area contributed by atoms with Crippen LogP contribution >= 0.6 is 0 Å². The molecule has 3 heteroatoms. The molecule has 92 valence electrons. The van der Waals surface area contributed by atoms with E-state index in [0.717, 1.165) is 42.4 Å². The predicted molar refractivity (Wildman–Crippen MR) is 68.1 cm³/mol. The second kappa shape index (κ2) is 3.61. The number of hydrogen-bond donors (Lipinski definition) is 0. The van der Waals surface area contributed by atoms with E-state index >= 15 is 0 Å². The maximum Gasteiger partial charge on any atom is 0.343 e. The van der Waals surface area contributed by atoms with Crippen molar-refractivity contribution in [2.24, 2.45) is 0 Å². The Hall–Kier alpha value is -1.77. The molecule has 2 heterocycles. The summed E-state index contributed by atoms with van der Waals surface area (Å²) in [5, 5.41) is 0.934. The van der Waals surface area contributed by atoms with E-state index in [1.807, 2.05) is 24.3 Å². The van der Waals surface area contributed by atoms with Crippen molar-refractivity contribution in [3.63, 3.8) is 0 Å². The predicted octanol–water partition coefficient (Wildman–Crippen LogP) is 3.21. The molecule has 1 aliphatic heterocycles. The quantitative estimate of drug-likeness (QED) is 0.666. The number of benzene rings is 1. The van der Waals surface area contributed by atoms with Crippen molar-refractivity contribution >= 4 is 11.0 Å². The van der Waals surface area contributed by atoms with Gasteiger partial charge in [-0.05, 0) is 43.7 Å². The Labute approximate surface area is 104 Å². The molecule has 1 aliphatic carbocycles. The summed E-state index contributed by atoms with van der Waals surface area (Å²) >= 11 is 0. The van der Waals surface area contributed by atoms with Gasteiger partial charge in [-0.15, -0.1) is 0 Å². The van der Waals surface area contributed by atoms with E-state index < -0.39 is 0 Å². The summed E-state index contributed by atoms with van der Waals surface area (Å²) in [6.45, 7) is 0. The van der Waals surface area contributed by atoms with Gasteiger partial charge < -0.3 is 9.15 Å². The van der Waals surface area contributed by atoms with Gasteiger partial charge in [0.05, 0.1) is 17.1 Å². The SMILES string of the molecule is O=c1oc2ccccc2c2c1C1CCCC(C1)O2. The summed E-state index contributed by atoms with van der Waals surface area (Å²) in [5.41, 5.74) is 1.18. The first-order valence-electron chi connectivity index (χ1n) is 6.55. The molecular weight excluding hydrogens is 228 g/mol. The van der Waals surface area contributed by atoms with Crippen LogP contribution in [0.4, 0.5) is 0 Å². The Bertz CT molecular complexity index is 671. The minimum absolute atomic E-state index is 0.214. The Kier molecular flexibility index (Phi) is 2.04. The van der Waals surface area contributed by atoms with Crippen LogP contribution in [0.2, 0.25) is 0 Å². The van der Waals surface area contributed by atoms with Crippen LogP contribution in [0, 0.1) is 0 Å². The summed E-state index contributed by atoms with van der Waals surface area (Å²) in [5.74, 6) is 1.11. The lowest BCUT2D eigenvalue weighted by atomic mass is 9.80. The molecule has 1 aromatic heterocycles. The fourth-order valence-electron chi connectivity index (χ4n) is 3.30. The molecule has 18 heavy (non-hydrogen) atoms. The number of fused-ring (bicyclic) bond motifs is 6. The minimum atomic E-state index is -0.214. The first kappa shape index (κ1) is 10.2. The summed E-state index contributed by atoms with van der Waals surface area (Å²) in [4.78, 5) is 12.1. The Morgan fingerprint density at radius 1 is 1.17 bits per heavy atom. The first-order valence-corrected chi connectivity index (χ1v) is 6.55. The summed E-state index contributed by atoms with van der Waals surface area (Å²) in [6, 6.07) is 7.63. The van der Waals surface area contributed by atoms with E-state index in [4.69, 9.17) is 9.15 Å². The van der Waals surface area contributed by atoms with E-state index in [9.17, 15) is 4.79 Å². The molecule has 2 aliphatic rings. The highest BCUT2D eigenvalue weighted by molar-refractivity contribution is 5.84. The van der Waals surface area contributed by atoms with Crippen LogP contribution in [0.3, 0.4) is 0 Å². The molecule has 0 N–H and O–H groups in total. The molecule has 2 bridgehead atoms. The second-order valence-corrected chi connectivity index (χ2v) is 5.23. The molecule has 1 aromatic carbocycles. The summed E-state index contributed by atoms with van der Waals surface area (Å²) in [6.07, 6.45) is 4.57. The number of hydrogen-bond acceptors (Lipinski definition) is 3. The third-order valence-electron chi connectivity index (χ3n) is 4.12. The van der Waals surface area contributed by atoms with Crippen molar-refractivity contribution < 1.29 is 9.15 Å². The maximum atomic E-state index is 12.1. The molecular formula is C15H14O3. The zero-order chi connectivity index (χ0) is 12.1. The molecule has 2 unspecified atom stereocenters. The van der Waals surface area contributed by atoms with E-state index in [2.05, 4.69) is 0 Å². The van der Waals surface area contributed by atoms with E-state index in [0.29, 0.717) is 11.5 Å². The smallest absolute Gasteiger partial charge is 0.343 e. The van der Waals surface area contributed by atoms with Crippen LogP contribution in [-0.4, -0.2) is 6.10 Å². The standard InChI is InChI=1S/C15H14O3/c16-15-13-9-4-3-5-10(8-9)17-14(13)11-6-1-2-7-12(11)18-15/h1-2,6-7,9-10H,3-5,8H2. The van der Waals surface area contributed by atoms with E-state index in [1.165, 1.54) is 0 Å². The molecule has 0 amide bonds. The molecule has 2 aromatic rings. The Morgan fingerprint density at radius 2 is 2.06 bits per heavy atom. The van der Waals surface area contributed by atoms with Gasteiger partial charge in [-0.25, -0.2) is 4.79 Å². The average Bonchev–Trinajstić information content (AvgIpc) is 2.38. The maximum absolute atomic E-state index is 12.1. The van der Waals surface area contributed by atoms with Gasteiger partial charge in [0.15, 0.2) is 0 Å². The molecule has 1 fully saturated rings. The summed E-state index contributed by atoms with van der Waals surface area (Å²) in [7, 11) is 0. The van der Waals surface area contributed by atoms with E-state index in [-0.39, 0.29) is 11.7 Å². The van der Waals surface area contributed by atoms with Crippen molar-refractivity contribution in [3.05, 3.63) is 40.2 Å². The second-order valence-electron chi connectivity index (χ2n) is 5.23. The van der Waals surface area contributed by atoms with Gasteiger partial charge in [-0.3, -0.25) is 0 Å². The topological polar surface area (TPSA) is 39.4 Å². The van der Waals surface area contributed by atoms with Crippen LogP contribution in [0.25, 0.3) is 11.0 Å². The average molecular weight is 242 g/mol. The molecule has 0 saturated heterocycles. The van der Waals surface area contributed by atoms with Crippen molar-refractivity contribution in [2.75, 3.05) is 0 Å². The van der Waals surface area contributed by atoms with Gasteiger partial charge in [-0.2, -0.15) is 0 Å². The summed E-state index contributed by atoms with van der Waals surface area (Å²) < 4.78 is 11.5. The normalized spacial score (nSPS) is 25.6. The molecule has 2 atom stereocenters. The molecule has 3 nitrogen and oxygen atoms in total. The van der Waals surface area contributed by atoms with Gasteiger partial charge >= 0.3 is 5.63 Å². The van der Waals surface area contributed by atoms with Crippen LogP contribution < -0.4 is 10.4 Å². The first-order chi connectivity index (χ1) is 8.83. The lowest BCUT2D eigenvalue weighted by Gasteiger charge is -2.35. The molecule has 0 spiro atoms. The van der Waals surface area contributed by atoms with Crippen molar-refractivity contribution in [2.45, 2.75) is 37.7 Å². The lowest BCUT2D eigenvalue weighted by Crippen LogP contribution is -2.33. The molecule has 4 rings (SSSR count). The van der Waals surface area contributed by atoms with Gasteiger partial charge in [-0.1, -0.05) is 12.1 Å². The van der Waals surface area contributed by atoms with Gasteiger partial charge in [0.1, 0.15) is 11.3 Å². The highest BCUT2D eigenvalue weighted by atomic mass is 16.5. The van der Waals surface area contributed by atoms with Gasteiger partial charge in [0.2, 0.25) is 0 Å². The van der Waals surface area contributed by atoms with Crippen LogP contribution in [0.15, 0.2) is 33.5 Å². The number of ether oxygens (including phenoxy) is 1. The largest absolute Gasteiger partial charge is 0.489 e. The zero-order valence-electron chi connectivity index (χ0n) is 10.0. The fraction of sp³-hybridized carbons (Fsp3) is 0.400. The highest BCUT2D eigenvalue weighted by Gasteiger charge is 2.35. The van der Waals surface area contributed by atoms with Crippen LogP contribution in [-0.2, 0) is 0 Å². The third kappa shape index (κ3) is 1.33. The van der Waals surface area contributed by atoms with Crippen LogP contribution in [0.5, 0.6) is 5.75 Å². The molecule has 0 radical (unpaired) electrons. The van der Waals surface area contributed by atoms with Crippen molar-refractivity contribution in [1.82, 2.24) is 0 Å². The van der Waals surface area contributed by atoms with Gasteiger partial charge in [0.25, 0.3) is 0 Å². The zero-order valence-corrected chi connectivity index (χ0v) is 10.0. The monoisotopic (exact) mass is 242 g/mol. The molecule has 1 saturated carbocycles. The lowest BCUT2D eigenvalue weighted by molar-refractivity contribution is 0.119. The van der Waals surface area contributed by atoms with Crippen LogP contribution in [0.1, 0.15) is 37.2 Å². The fourth-order valence-corrected chi connectivity index (χ4v) is 3.30. The Morgan fingerprint density at radius 3 is 3.00 bits per heavy atom. The number of rotatable bonds is 0.